The Morgan fingerprint density at radius 2 is 1.89 bits per heavy atom. The highest BCUT2D eigenvalue weighted by atomic mass is 32.2. The topological polar surface area (TPSA) is 53.1 Å². The number of methoxy groups -OCH3 is 1. The van der Waals surface area contributed by atoms with Crippen molar-refractivity contribution in [3.8, 4) is 5.75 Å². The molecule has 144 valence electrons. The number of carbonyl (C=O) groups is 2. The first-order valence-corrected chi connectivity index (χ1v) is 10.1. The maximum Gasteiger partial charge on any atom is 0.291 e. The van der Waals surface area contributed by atoms with Gasteiger partial charge in [-0.25, -0.2) is 0 Å². The van der Waals surface area contributed by atoms with E-state index in [9.17, 15) is 9.59 Å². The van der Waals surface area contributed by atoms with Crippen molar-refractivity contribution in [2.75, 3.05) is 46.9 Å². The molecule has 0 atom stereocenters. The van der Waals surface area contributed by atoms with E-state index in [1.807, 2.05) is 35.2 Å². The highest BCUT2D eigenvalue weighted by Crippen LogP contribution is 2.33. The second-order valence-corrected chi connectivity index (χ2v) is 7.92. The lowest BCUT2D eigenvalue weighted by atomic mass is 10.2. The molecule has 2 amide bonds. The lowest BCUT2D eigenvalue weighted by molar-refractivity contribution is -0.132. The van der Waals surface area contributed by atoms with Crippen molar-refractivity contribution in [3.63, 3.8) is 0 Å². The zero-order valence-corrected chi connectivity index (χ0v) is 17.1. The first-order valence-electron chi connectivity index (χ1n) is 8.83. The molecule has 2 fully saturated rings. The molecule has 0 aliphatic carbocycles. The molecule has 0 saturated carbocycles. The number of rotatable bonds is 5. The summed E-state index contributed by atoms with van der Waals surface area (Å²) in [6.07, 6.45) is 2.19. The molecule has 2 saturated heterocycles. The maximum absolute atomic E-state index is 12.4. The van der Waals surface area contributed by atoms with Gasteiger partial charge in [0, 0.05) is 39.1 Å². The molecule has 6 nitrogen and oxygen atoms in total. The molecular formula is C19H23N3O3S2. The van der Waals surface area contributed by atoms with Gasteiger partial charge in [0.1, 0.15) is 10.7 Å². The summed E-state index contributed by atoms with van der Waals surface area (Å²) in [5, 5.41) is -0.120. The van der Waals surface area contributed by atoms with Crippen LogP contribution in [0.5, 0.6) is 5.75 Å². The van der Waals surface area contributed by atoms with Gasteiger partial charge in [0.2, 0.25) is 5.91 Å². The monoisotopic (exact) mass is 405 g/mol. The molecule has 0 bridgehead atoms. The van der Waals surface area contributed by atoms with E-state index >= 15 is 0 Å². The van der Waals surface area contributed by atoms with E-state index in [0.29, 0.717) is 18.0 Å². The van der Waals surface area contributed by atoms with E-state index in [0.717, 1.165) is 54.2 Å². The predicted octanol–water partition coefficient (Wildman–Crippen LogP) is 2.70. The lowest BCUT2D eigenvalue weighted by Gasteiger charge is -2.32. The molecule has 0 N–H and O–H groups in total. The Morgan fingerprint density at radius 1 is 1.22 bits per heavy atom. The second-order valence-electron chi connectivity index (χ2n) is 6.54. The third-order valence-corrected chi connectivity index (χ3v) is 6.19. The van der Waals surface area contributed by atoms with Crippen LogP contribution in [0.4, 0.5) is 4.79 Å². The van der Waals surface area contributed by atoms with Crippen LogP contribution < -0.4 is 4.74 Å². The summed E-state index contributed by atoms with van der Waals surface area (Å²) < 4.78 is 5.15. The lowest BCUT2D eigenvalue weighted by Crippen LogP contribution is -2.47. The van der Waals surface area contributed by atoms with Gasteiger partial charge in [0.15, 0.2) is 0 Å². The number of hydrogen-bond donors (Lipinski definition) is 0. The van der Waals surface area contributed by atoms with Gasteiger partial charge in [0.25, 0.3) is 5.24 Å². The van der Waals surface area contributed by atoms with Crippen molar-refractivity contribution in [3.05, 3.63) is 34.7 Å². The fraction of sp³-hybridized carbons (Fsp3) is 0.421. The minimum atomic E-state index is -0.120. The van der Waals surface area contributed by atoms with Gasteiger partial charge in [-0.2, -0.15) is 0 Å². The Kier molecular flexibility index (Phi) is 6.51. The molecule has 0 spiro atoms. The van der Waals surface area contributed by atoms with Crippen molar-refractivity contribution in [2.24, 2.45) is 0 Å². The Labute approximate surface area is 169 Å². The number of benzene rings is 1. The summed E-state index contributed by atoms with van der Waals surface area (Å²) in [4.78, 5) is 31.6. The number of ether oxygens (including phenoxy) is 1. The van der Waals surface area contributed by atoms with Crippen LogP contribution in [0.25, 0.3) is 6.08 Å². The molecule has 2 aliphatic rings. The van der Waals surface area contributed by atoms with Crippen LogP contribution >= 0.6 is 24.0 Å². The normalized spacial score (nSPS) is 19.9. The molecule has 1 aromatic carbocycles. The Bertz CT molecular complexity index is 756. The molecule has 0 radical (unpaired) electrons. The van der Waals surface area contributed by atoms with E-state index in [2.05, 4.69) is 11.9 Å². The second kappa shape index (κ2) is 8.86. The minimum absolute atomic E-state index is 0.0799. The molecule has 2 aliphatic heterocycles. The average Bonchev–Trinajstić information content (AvgIpc) is 2.94. The molecule has 0 unspecified atom stereocenters. The van der Waals surface area contributed by atoms with Crippen molar-refractivity contribution >= 4 is 46.2 Å². The van der Waals surface area contributed by atoms with Crippen LogP contribution in [-0.2, 0) is 4.79 Å². The summed E-state index contributed by atoms with van der Waals surface area (Å²) >= 11 is 6.59. The molecule has 1 aromatic rings. The number of carbonyl (C=O) groups excluding carboxylic acids is 2. The molecule has 2 heterocycles. The molecule has 3 rings (SSSR count). The average molecular weight is 406 g/mol. The Hall–Kier alpha value is -1.90. The van der Waals surface area contributed by atoms with Crippen LogP contribution in [0, 0.1) is 0 Å². The number of amides is 2. The summed E-state index contributed by atoms with van der Waals surface area (Å²) in [5.74, 6) is 0.857. The first-order chi connectivity index (χ1) is 13.0. The fourth-order valence-corrected chi connectivity index (χ4v) is 4.26. The number of nitrogens with zero attached hydrogens (tertiary/aromatic N) is 3. The Balaban J connectivity index is 1.58. The van der Waals surface area contributed by atoms with E-state index < -0.39 is 0 Å². The molecule has 8 heteroatoms. The fourth-order valence-electron chi connectivity index (χ4n) is 2.97. The van der Waals surface area contributed by atoms with Gasteiger partial charge >= 0.3 is 0 Å². The Morgan fingerprint density at radius 3 is 2.52 bits per heavy atom. The number of piperazine rings is 1. The standard InChI is InChI=1S/C19H23N3O3S2/c1-20-9-11-21(12-10-20)17(23)7-8-22-18(26)16(27-19(22)24)13-14-3-5-15(25-2)6-4-14/h3-6,13H,7-12H2,1-2H3. The maximum atomic E-state index is 12.4. The molecule has 27 heavy (non-hydrogen) atoms. The highest BCUT2D eigenvalue weighted by molar-refractivity contribution is 8.19. The van der Waals surface area contributed by atoms with Crippen molar-refractivity contribution in [1.29, 1.82) is 0 Å². The highest BCUT2D eigenvalue weighted by Gasteiger charge is 2.32. The summed E-state index contributed by atoms with van der Waals surface area (Å²) in [7, 11) is 3.67. The zero-order valence-electron chi connectivity index (χ0n) is 15.5. The number of likely N-dealkylation sites (N-methyl/N-ethyl adjacent to an activating group) is 1. The number of thioether (sulfide) groups is 1. The van der Waals surface area contributed by atoms with Crippen LogP contribution in [-0.4, -0.2) is 77.7 Å². The van der Waals surface area contributed by atoms with E-state index in [-0.39, 0.29) is 11.1 Å². The van der Waals surface area contributed by atoms with Crippen LogP contribution in [0.1, 0.15) is 12.0 Å². The third-order valence-electron chi connectivity index (χ3n) is 4.69. The zero-order chi connectivity index (χ0) is 19.4. The van der Waals surface area contributed by atoms with E-state index in [1.165, 1.54) is 4.90 Å². The smallest absolute Gasteiger partial charge is 0.291 e. The van der Waals surface area contributed by atoms with Gasteiger partial charge in [-0.3, -0.25) is 14.5 Å². The van der Waals surface area contributed by atoms with Crippen molar-refractivity contribution < 1.29 is 14.3 Å². The molecule has 0 aromatic heterocycles. The minimum Gasteiger partial charge on any atom is -0.497 e. The van der Waals surface area contributed by atoms with Gasteiger partial charge in [0.05, 0.1) is 12.0 Å². The largest absolute Gasteiger partial charge is 0.497 e. The van der Waals surface area contributed by atoms with Gasteiger partial charge < -0.3 is 14.5 Å². The molecular weight excluding hydrogens is 382 g/mol. The van der Waals surface area contributed by atoms with E-state index in [4.69, 9.17) is 17.0 Å². The van der Waals surface area contributed by atoms with Gasteiger partial charge in [-0.15, -0.1) is 0 Å². The van der Waals surface area contributed by atoms with Crippen LogP contribution in [0.3, 0.4) is 0 Å². The first kappa shape index (κ1) is 19.9. The number of thiocarbonyl (C=S) groups is 1. The van der Waals surface area contributed by atoms with Crippen LogP contribution in [0.2, 0.25) is 0 Å². The van der Waals surface area contributed by atoms with Gasteiger partial charge in [-0.1, -0.05) is 24.4 Å². The van der Waals surface area contributed by atoms with Crippen molar-refractivity contribution in [1.82, 2.24) is 14.7 Å². The van der Waals surface area contributed by atoms with Crippen LogP contribution in [0.15, 0.2) is 29.2 Å². The quantitative estimate of drug-likeness (QED) is 0.555. The van der Waals surface area contributed by atoms with Crippen molar-refractivity contribution in [2.45, 2.75) is 6.42 Å². The van der Waals surface area contributed by atoms with Gasteiger partial charge in [-0.05, 0) is 42.6 Å². The summed E-state index contributed by atoms with van der Waals surface area (Å²) in [6, 6.07) is 7.56. The predicted molar refractivity (Wildman–Crippen MR) is 112 cm³/mol. The number of hydrogen-bond acceptors (Lipinski definition) is 6. The summed E-state index contributed by atoms with van der Waals surface area (Å²) in [6.45, 7) is 3.58. The summed E-state index contributed by atoms with van der Waals surface area (Å²) in [5.41, 5.74) is 0.948. The third kappa shape index (κ3) is 4.88. The van der Waals surface area contributed by atoms with E-state index in [1.54, 1.807) is 7.11 Å². The SMILES string of the molecule is COc1ccc(C=C2SC(=O)N(CCC(=O)N3CCN(C)CC3)C2=S)cc1.